The first kappa shape index (κ1) is 18.9. The van der Waals surface area contributed by atoms with Gasteiger partial charge in [-0.15, -0.1) is 0 Å². The van der Waals surface area contributed by atoms with Crippen molar-refractivity contribution >= 4 is 21.6 Å². The van der Waals surface area contributed by atoms with Crippen LogP contribution in [0.5, 0.6) is 0 Å². The van der Waals surface area contributed by atoms with Gasteiger partial charge in [-0.2, -0.15) is 0 Å². The van der Waals surface area contributed by atoms with E-state index in [0.29, 0.717) is 30.0 Å². The second-order valence-electron chi connectivity index (χ2n) is 5.34. The summed E-state index contributed by atoms with van der Waals surface area (Å²) in [4.78, 5) is 11.9. The quantitative estimate of drug-likeness (QED) is 0.737. The molecule has 0 saturated carbocycles. The number of carbonyl (C=O) groups is 1. The molecule has 0 unspecified atom stereocenters. The molecule has 2 aromatic carbocycles. The Bertz CT molecular complexity index is 851. The topological polar surface area (TPSA) is 84.5 Å². The first-order valence-electron chi connectivity index (χ1n) is 7.49. The van der Waals surface area contributed by atoms with Crippen LogP contribution >= 0.6 is 0 Å². The van der Waals surface area contributed by atoms with Crippen LogP contribution in [0, 0.1) is 12.7 Å². The fraction of sp³-hybridized carbons (Fsp3) is 0.235. The number of amides is 1. The van der Waals surface area contributed by atoms with Crippen molar-refractivity contribution in [3.05, 3.63) is 59.4 Å². The predicted octanol–water partition coefficient (Wildman–Crippen LogP) is 2.31. The first-order chi connectivity index (χ1) is 11.8. The maximum Gasteiger partial charge on any atom is 0.262 e. The highest BCUT2D eigenvalue weighted by molar-refractivity contribution is 7.92. The zero-order valence-electron chi connectivity index (χ0n) is 13.9. The number of methoxy groups -OCH3 is 1. The Morgan fingerprint density at radius 1 is 1.16 bits per heavy atom. The van der Waals surface area contributed by atoms with Gasteiger partial charge < -0.3 is 10.1 Å². The molecular weight excluding hydrogens is 347 g/mol. The zero-order valence-corrected chi connectivity index (χ0v) is 14.7. The molecule has 0 aliphatic carbocycles. The summed E-state index contributed by atoms with van der Waals surface area (Å²) in [6.07, 6.45) is 0. The summed E-state index contributed by atoms with van der Waals surface area (Å²) >= 11 is 0. The van der Waals surface area contributed by atoms with E-state index in [2.05, 4.69) is 10.0 Å². The summed E-state index contributed by atoms with van der Waals surface area (Å²) in [5.41, 5.74) is 1.01. The summed E-state index contributed by atoms with van der Waals surface area (Å²) in [6.45, 7) is 2.30. The highest BCUT2D eigenvalue weighted by Gasteiger charge is 2.17. The summed E-state index contributed by atoms with van der Waals surface area (Å²) in [5.74, 6) is -0.777. The third kappa shape index (κ3) is 5.01. The summed E-state index contributed by atoms with van der Waals surface area (Å²) in [7, 11) is -2.31. The molecule has 134 valence electrons. The van der Waals surface area contributed by atoms with E-state index in [0.717, 1.165) is 12.1 Å². The molecular formula is C17H19FN2O4S. The predicted molar refractivity (Wildman–Crippen MR) is 92.6 cm³/mol. The second kappa shape index (κ2) is 8.09. The molecule has 8 heteroatoms. The van der Waals surface area contributed by atoms with Crippen LogP contribution in [0.2, 0.25) is 0 Å². The van der Waals surface area contributed by atoms with Crippen LogP contribution in [0.25, 0.3) is 0 Å². The summed E-state index contributed by atoms with van der Waals surface area (Å²) < 4.78 is 45.2. The van der Waals surface area contributed by atoms with E-state index in [1.165, 1.54) is 44.4 Å². The van der Waals surface area contributed by atoms with Crippen molar-refractivity contribution in [2.75, 3.05) is 25.0 Å². The van der Waals surface area contributed by atoms with Crippen molar-refractivity contribution in [3.8, 4) is 0 Å². The Morgan fingerprint density at radius 2 is 1.84 bits per heavy atom. The number of hydrogen-bond donors (Lipinski definition) is 2. The van der Waals surface area contributed by atoms with Crippen LogP contribution in [0.1, 0.15) is 15.9 Å². The lowest BCUT2D eigenvalue weighted by Crippen LogP contribution is -2.26. The van der Waals surface area contributed by atoms with Gasteiger partial charge in [-0.1, -0.05) is 0 Å². The van der Waals surface area contributed by atoms with Crippen LogP contribution in [-0.4, -0.2) is 34.6 Å². The van der Waals surface area contributed by atoms with E-state index in [-0.39, 0.29) is 10.8 Å². The van der Waals surface area contributed by atoms with E-state index in [4.69, 9.17) is 4.74 Å². The maximum atomic E-state index is 13.1. The van der Waals surface area contributed by atoms with Gasteiger partial charge in [0.25, 0.3) is 15.9 Å². The largest absolute Gasteiger partial charge is 0.383 e. The number of nitrogens with one attached hydrogen (secondary N) is 2. The lowest BCUT2D eigenvalue weighted by atomic mass is 10.2. The SMILES string of the molecule is COCCNC(=O)c1ccc(NS(=O)(=O)c2ccc(F)cc2C)cc1. The van der Waals surface area contributed by atoms with E-state index in [1.807, 2.05) is 0 Å². The standard InChI is InChI=1S/C17H19FN2O4S/c1-12-11-14(18)5-8-16(12)25(22,23)20-15-6-3-13(4-7-15)17(21)19-9-10-24-2/h3-8,11,20H,9-10H2,1-2H3,(H,19,21). The smallest absolute Gasteiger partial charge is 0.262 e. The molecule has 0 fully saturated rings. The second-order valence-corrected chi connectivity index (χ2v) is 6.99. The van der Waals surface area contributed by atoms with Crippen molar-refractivity contribution in [3.63, 3.8) is 0 Å². The average molecular weight is 366 g/mol. The Morgan fingerprint density at radius 3 is 2.44 bits per heavy atom. The van der Waals surface area contributed by atoms with Crippen molar-refractivity contribution in [1.82, 2.24) is 5.32 Å². The molecule has 0 radical (unpaired) electrons. The number of rotatable bonds is 7. The lowest BCUT2D eigenvalue weighted by molar-refractivity contribution is 0.0937. The Balaban J connectivity index is 2.11. The van der Waals surface area contributed by atoms with Crippen molar-refractivity contribution in [2.45, 2.75) is 11.8 Å². The lowest BCUT2D eigenvalue weighted by Gasteiger charge is -2.11. The van der Waals surface area contributed by atoms with E-state index >= 15 is 0 Å². The molecule has 1 amide bonds. The number of benzene rings is 2. The molecule has 0 spiro atoms. The fourth-order valence-corrected chi connectivity index (χ4v) is 3.47. The fourth-order valence-electron chi connectivity index (χ4n) is 2.18. The highest BCUT2D eigenvalue weighted by Crippen LogP contribution is 2.20. The molecule has 6 nitrogen and oxygen atoms in total. The van der Waals surface area contributed by atoms with Crippen molar-refractivity contribution in [2.24, 2.45) is 0 Å². The molecule has 0 aromatic heterocycles. The van der Waals surface area contributed by atoms with Crippen LogP contribution in [0.4, 0.5) is 10.1 Å². The number of carbonyl (C=O) groups excluding carboxylic acids is 1. The number of halogens is 1. The van der Waals surface area contributed by atoms with E-state index in [1.54, 1.807) is 0 Å². The van der Waals surface area contributed by atoms with Crippen LogP contribution in [0.3, 0.4) is 0 Å². The number of anilines is 1. The van der Waals surface area contributed by atoms with Crippen LogP contribution in [-0.2, 0) is 14.8 Å². The normalized spacial score (nSPS) is 11.2. The van der Waals surface area contributed by atoms with Gasteiger partial charge in [0.15, 0.2) is 0 Å². The van der Waals surface area contributed by atoms with Gasteiger partial charge >= 0.3 is 0 Å². The van der Waals surface area contributed by atoms with Gasteiger partial charge in [-0.05, 0) is 55.0 Å². The number of ether oxygens (including phenoxy) is 1. The Kier molecular flexibility index (Phi) is 6.11. The first-order valence-corrected chi connectivity index (χ1v) is 8.98. The van der Waals surface area contributed by atoms with Crippen LogP contribution < -0.4 is 10.0 Å². The van der Waals surface area contributed by atoms with Gasteiger partial charge in [0, 0.05) is 24.9 Å². The number of sulfonamides is 1. The molecule has 0 saturated heterocycles. The van der Waals surface area contributed by atoms with E-state index < -0.39 is 15.8 Å². The molecule has 0 atom stereocenters. The van der Waals surface area contributed by atoms with Gasteiger partial charge in [-0.25, -0.2) is 12.8 Å². The van der Waals surface area contributed by atoms with Gasteiger partial charge in [0.1, 0.15) is 5.82 Å². The maximum absolute atomic E-state index is 13.1. The number of hydrogen-bond acceptors (Lipinski definition) is 4. The molecule has 25 heavy (non-hydrogen) atoms. The van der Waals surface area contributed by atoms with Gasteiger partial charge in [-0.3, -0.25) is 9.52 Å². The minimum atomic E-state index is -3.85. The number of aryl methyl sites for hydroxylation is 1. The summed E-state index contributed by atoms with van der Waals surface area (Å²) in [5, 5.41) is 2.67. The Labute approximate surface area is 146 Å². The molecule has 0 aliphatic rings. The highest BCUT2D eigenvalue weighted by atomic mass is 32.2. The molecule has 0 aliphatic heterocycles. The molecule has 2 rings (SSSR count). The minimum Gasteiger partial charge on any atom is -0.383 e. The van der Waals surface area contributed by atoms with Crippen LogP contribution in [0.15, 0.2) is 47.4 Å². The van der Waals surface area contributed by atoms with Crippen molar-refractivity contribution in [1.29, 1.82) is 0 Å². The van der Waals surface area contributed by atoms with E-state index in [9.17, 15) is 17.6 Å². The minimum absolute atomic E-state index is 0.00437. The molecule has 2 N–H and O–H groups in total. The summed E-state index contributed by atoms with van der Waals surface area (Å²) in [6, 6.07) is 9.46. The zero-order chi connectivity index (χ0) is 18.4. The van der Waals surface area contributed by atoms with Crippen molar-refractivity contribution < 1.29 is 22.3 Å². The Hall–Kier alpha value is -2.45. The average Bonchev–Trinajstić information content (AvgIpc) is 2.55. The third-order valence-electron chi connectivity index (χ3n) is 3.42. The monoisotopic (exact) mass is 366 g/mol. The molecule has 0 bridgehead atoms. The molecule has 2 aromatic rings. The van der Waals surface area contributed by atoms with Gasteiger partial charge in [0.2, 0.25) is 0 Å². The van der Waals surface area contributed by atoms with Gasteiger partial charge in [0.05, 0.1) is 11.5 Å². The third-order valence-corrected chi connectivity index (χ3v) is 4.96. The molecule has 0 heterocycles.